The largest absolute Gasteiger partial charge is 0.320 e. The first-order chi connectivity index (χ1) is 5.22. The number of hydrogen-bond acceptors (Lipinski definition) is 4. The molecule has 0 aliphatic rings. The summed E-state index contributed by atoms with van der Waals surface area (Å²) >= 11 is 1.66. The third-order valence-corrected chi connectivity index (χ3v) is 1.82. The van der Waals surface area contributed by atoms with Gasteiger partial charge in [0.15, 0.2) is 0 Å². The van der Waals surface area contributed by atoms with Crippen LogP contribution in [0.1, 0.15) is 6.42 Å². The molecule has 0 aromatic rings. The van der Waals surface area contributed by atoms with E-state index in [1.807, 2.05) is 6.26 Å². The Bertz CT molecular complexity index is 121. The number of hydroxylamine groups is 1. The van der Waals surface area contributed by atoms with E-state index in [0.717, 1.165) is 5.75 Å². The van der Waals surface area contributed by atoms with Gasteiger partial charge in [-0.25, -0.2) is 5.48 Å². The highest BCUT2D eigenvalue weighted by molar-refractivity contribution is 7.98. The van der Waals surface area contributed by atoms with Crippen LogP contribution in [0.4, 0.5) is 0 Å². The molecule has 0 spiro atoms. The second-order valence-corrected chi connectivity index (χ2v) is 3.04. The van der Waals surface area contributed by atoms with Crippen LogP contribution < -0.4 is 11.2 Å². The average molecular weight is 178 g/mol. The predicted octanol–water partition coefficient (Wildman–Crippen LogP) is -0.256. The maximum absolute atomic E-state index is 10.9. The number of nitrogens with one attached hydrogen (secondary N) is 1. The second kappa shape index (κ2) is 6.45. The van der Waals surface area contributed by atoms with Crippen molar-refractivity contribution >= 4 is 17.7 Å². The van der Waals surface area contributed by atoms with Crippen LogP contribution in [0, 0.1) is 0 Å². The topological polar surface area (TPSA) is 64.3 Å². The van der Waals surface area contributed by atoms with E-state index in [9.17, 15) is 4.79 Å². The lowest BCUT2D eigenvalue weighted by Gasteiger charge is -2.08. The van der Waals surface area contributed by atoms with Gasteiger partial charge in [0.1, 0.15) is 0 Å². The highest BCUT2D eigenvalue weighted by Crippen LogP contribution is 1.98. The summed E-state index contributed by atoms with van der Waals surface area (Å²) in [7, 11) is 1.39. The van der Waals surface area contributed by atoms with Crippen LogP contribution in [0.25, 0.3) is 0 Å². The van der Waals surface area contributed by atoms with E-state index in [2.05, 4.69) is 10.3 Å². The SMILES string of the molecule is CONC(=O)[C@@H](N)CCSC. The first-order valence-electron chi connectivity index (χ1n) is 3.29. The predicted molar refractivity (Wildman–Crippen MR) is 46.1 cm³/mol. The van der Waals surface area contributed by atoms with Gasteiger partial charge in [0, 0.05) is 0 Å². The molecule has 5 heteroatoms. The molecule has 0 aromatic carbocycles. The van der Waals surface area contributed by atoms with E-state index in [1.54, 1.807) is 11.8 Å². The molecule has 0 saturated heterocycles. The lowest BCUT2D eigenvalue weighted by Crippen LogP contribution is -2.40. The number of rotatable bonds is 5. The molecule has 1 atom stereocenters. The Kier molecular flexibility index (Phi) is 6.30. The molecule has 3 N–H and O–H groups in total. The van der Waals surface area contributed by atoms with Crippen LogP contribution >= 0.6 is 11.8 Å². The van der Waals surface area contributed by atoms with E-state index >= 15 is 0 Å². The van der Waals surface area contributed by atoms with Gasteiger partial charge in [-0.2, -0.15) is 11.8 Å². The van der Waals surface area contributed by atoms with Crippen LogP contribution in [0.3, 0.4) is 0 Å². The molecule has 0 aliphatic heterocycles. The minimum Gasteiger partial charge on any atom is -0.320 e. The molecule has 0 aromatic heterocycles. The second-order valence-electron chi connectivity index (χ2n) is 2.06. The van der Waals surface area contributed by atoms with Gasteiger partial charge in [0.05, 0.1) is 13.2 Å². The number of carbonyl (C=O) groups excluding carboxylic acids is 1. The molecule has 0 aliphatic carbocycles. The first kappa shape index (κ1) is 10.7. The van der Waals surface area contributed by atoms with Crippen molar-refractivity contribution in [3.8, 4) is 0 Å². The van der Waals surface area contributed by atoms with Gasteiger partial charge >= 0.3 is 0 Å². The fourth-order valence-electron chi connectivity index (χ4n) is 0.552. The third-order valence-electron chi connectivity index (χ3n) is 1.17. The summed E-state index contributed by atoms with van der Waals surface area (Å²) in [6, 6.07) is -0.456. The van der Waals surface area contributed by atoms with E-state index in [1.165, 1.54) is 7.11 Å². The van der Waals surface area contributed by atoms with Gasteiger partial charge in [-0.3, -0.25) is 9.63 Å². The normalized spacial score (nSPS) is 12.6. The lowest BCUT2D eigenvalue weighted by atomic mass is 10.2. The van der Waals surface area contributed by atoms with Crippen LogP contribution in [0.5, 0.6) is 0 Å². The molecule has 0 heterocycles. The number of hydrogen-bond donors (Lipinski definition) is 2. The highest BCUT2D eigenvalue weighted by atomic mass is 32.2. The Hall–Kier alpha value is -0.260. The van der Waals surface area contributed by atoms with E-state index in [-0.39, 0.29) is 5.91 Å². The minimum atomic E-state index is -0.456. The maximum Gasteiger partial charge on any atom is 0.260 e. The fourth-order valence-corrected chi connectivity index (χ4v) is 1.04. The van der Waals surface area contributed by atoms with Crippen molar-refractivity contribution in [2.45, 2.75) is 12.5 Å². The maximum atomic E-state index is 10.9. The Morgan fingerprint density at radius 3 is 2.91 bits per heavy atom. The van der Waals surface area contributed by atoms with Gasteiger partial charge in [0.25, 0.3) is 5.91 Å². The summed E-state index contributed by atoms with van der Waals surface area (Å²) in [5.74, 6) is 0.625. The molecular formula is C6H14N2O2S. The van der Waals surface area contributed by atoms with Crippen molar-refractivity contribution in [1.29, 1.82) is 0 Å². The Balaban J connectivity index is 3.46. The van der Waals surface area contributed by atoms with Crippen molar-refractivity contribution in [1.82, 2.24) is 5.48 Å². The highest BCUT2D eigenvalue weighted by Gasteiger charge is 2.11. The Morgan fingerprint density at radius 1 is 1.82 bits per heavy atom. The summed E-state index contributed by atoms with van der Waals surface area (Å²) in [6.45, 7) is 0. The van der Waals surface area contributed by atoms with Gasteiger partial charge < -0.3 is 5.73 Å². The van der Waals surface area contributed by atoms with Crippen molar-refractivity contribution in [3.05, 3.63) is 0 Å². The smallest absolute Gasteiger partial charge is 0.260 e. The van der Waals surface area contributed by atoms with Crippen LogP contribution in [-0.2, 0) is 9.63 Å². The van der Waals surface area contributed by atoms with Gasteiger partial charge in [-0.1, -0.05) is 0 Å². The monoisotopic (exact) mass is 178 g/mol. The molecule has 0 unspecified atom stereocenters. The quantitative estimate of drug-likeness (QED) is 0.569. The molecule has 11 heavy (non-hydrogen) atoms. The zero-order valence-electron chi connectivity index (χ0n) is 6.79. The summed E-state index contributed by atoms with van der Waals surface area (Å²) in [5.41, 5.74) is 7.66. The third kappa shape index (κ3) is 5.06. The molecule has 0 fully saturated rings. The summed E-state index contributed by atoms with van der Waals surface area (Å²) in [4.78, 5) is 15.3. The van der Waals surface area contributed by atoms with Crippen molar-refractivity contribution in [3.63, 3.8) is 0 Å². The van der Waals surface area contributed by atoms with Crippen LogP contribution in [0.2, 0.25) is 0 Å². The molecule has 0 saturated carbocycles. The molecule has 0 rings (SSSR count). The Morgan fingerprint density at radius 2 is 2.45 bits per heavy atom. The summed E-state index contributed by atoms with van der Waals surface area (Å²) in [5, 5.41) is 0. The standard InChI is InChI=1S/C6H14N2O2S/c1-10-8-6(9)5(7)3-4-11-2/h5H,3-4,7H2,1-2H3,(H,8,9)/t5-/m0/s1. The summed E-state index contributed by atoms with van der Waals surface area (Å²) in [6.07, 6.45) is 2.65. The number of nitrogens with two attached hydrogens (primary N) is 1. The van der Waals surface area contributed by atoms with E-state index in [4.69, 9.17) is 5.73 Å². The minimum absolute atomic E-state index is 0.262. The molecule has 4 nitrogen and oxygen atoms in total. The summed E-state index contributed by atoms with van der Waals surface area (Å²) < 4.78 is 0. The molecule has 66 valence electrons. The van der Waals surface area contributed by atoms with E-state index in [0.29, 0.717) is 6.42 Å². The Labute approximate surface area is 70.8 Å². The lowest BCUT2D eigenvalue weighted by molar-refractivity contribution is -0.132. The molecular weight excluding hydrogens is 164 g/mol. The van der Waals surface area contributed by atoms with Crippen molar-refractivity contribution in [2.75, 3.05) is 19.1 Å². The van der Waals surface area contributed by atoms with Gasteiger partial charge in [-0.15, -0.1) is 0 Å². The average Bonchev–Trinajstić information content (AvgIpc) is 2.00. The fraction of sp³-hybridized carbons (Fsp3) is 0.833. The van der Waals surface area contributed by atoms with Crippen LogP contribution in [0.15, 0.2) is 0 Å². The zero-order valence-corrected chi connectivity index (χ0v) is 7.61. The van der Waals surface area contributed by atoms with E-state index < -0.39 is 6.04 Å². The molecule has 0 radical (unpaired) electrons. The number of carbonyl (C=O) groups is 1. The van der Waals surface area contributed by atoms with Gasteiger partial charge in [-0.05, 0) is 18.4 Å². The van der Waals surface area contributed by atoms with Crippen molar-refractivity contribution < 1.29 is 9.63 Å². The molecule has 1 amide bonds. The van der Waals surface area contributed by atoms with Gasteiger partial charge in [0.2, 0.25) is 0 Å². The van der Waals surface area contributed by atoms with Crippen LogP contribution in [-0.4, -0.2) is 31.1 Å². The number of thioether (sulfide) groups is 1. The van der Waals surface area contributed by atoms with Crippen molar-refractivity contribution in [2.24, 2.45) is 5.73 Å². The number of amides is 1. The molecule has 0 bridgehead atoms. The first-order valence-corrected chi connectivity index (χ1v) is 4.69. The zero-order chi connectivity index (χ0) is 8.69.